The smallest absolute Gasteiger partial charge is 0.126 e. The zero-order valence-corrected chi connectivity index (χ0v) is 8.43. The van der Waals surface area contributed by atoms with E-state index in [-0.39, 0.29) is 0 Å². The molecule has 13 heavy (non-hydrogen) atoms. The molecule has 1 aromatic rings. The molecule has 0 saturated heterocycles. The van der Waals surface area contributed by atoms with Gasteiger partial charge in [0.1, 0.15) is 10.9 Å². The summed E-state index contributed by atoms with van der Waals surface area (Å²) in [5.41, 5.74) is 2.19. The number of hydrogen-bond donors (Lipinski definition) is 0. The van der Waals surface area contributed by atoms with Crippen LogP contribution in [-0.2, 0) is 0 Å². The summed E-state index contributed by atoms with van der Waals surface area (Å²) >= 11 is 1.64. The molecule has 0 amide bonds. The van der Waals surface area contributed by atoms with Crippen LogP contribution in [0, 0.1) is 13.8 Å². The van der Waals surface area contributed by atoms with Gasteiger partial charge >= 0.3 is 0 Å². The van der Waals surface area contributed by atoms with Gasteiger partial charge in [-0.3, -0.25) is 0 Å². The van der Waals surface area contributed by atoms with Crippen LogP contribution in [0.1, 0.15) is 17.1 Å². The number of thioether (sulfide) groups is 1. The maximum absolute atomic E-state index is 4.38. The molecule has 2 heterocycles. The Labute approximate surface area is 81.8 Å². The van der Waals surface area contributed by atoms with Crippen LogP contribution in [0.5, 0.6) is 0 Å². The van der Waals surface area contributed by atoms with E-state index in [1.54, 1.807) is 11.8 Å². The van der Waals surface area contributed by atoms with Crippen molar-refractivity contribution < 1.29 is 0 Å². The Morgan fingerprint density at radius 3 is 2.85 bits per heavy atom. The summed E-state index contributed by atoms with van der Waals surface area (Å²) in [6, 6.07) is 0. The van der Waals surface area contributed by atoms with Crippen molar-refractivity contribution in [3.63, 3.8) is 0 Å². The van der Waals surface area contributed by atoms with Gasteiger partial charge in [-0.2, -0.15) is 0 Å². The van der Waals surface area contributed by atoms with E-state index in [0.717, 1.165) is 22.1 Å². The van der Waals surface area contributed by atoms with Gasteiger partial charge in [-0.1, -0.05) is 30.0 Å². The van der Waals surface area contributed by atoms with Crippen LogP contribution in [0.2, 0.25) is 0 Å². The van der Waals surface area contributed by atoms with Gasteiger partial charge in [-0.25, -0.2) is 9.97 Å². The molecule has 66 valence electrons. The Bertz CT molecular complexity index is 394. The van der Waals surface area contributed by atoms with Crippen molar-refractivity contribution in [1.29, 1.82) is 0 Å². The minimum Gasteiger partial charge on any atom is -0.238 e. The first kappa shape index (κ1) is 8.51. The van der Waals surface area contributed by atoms with Crippen LogP contribution in [-0.4, -0.2) is 9.97 Å². The van der Waals surface area contributed by atoms with Crippen molar-refractivity contribution in [2.45, 2.75) is 18.9 Å². The molecule has 0 radical (unpaired) electrons. The first-order valence-electron chi connectivity index (χ1n) is 4.12. The Kier molecular flexibility index (Phi) is 2.19. The molecular weight excluding hydrogens is 180 g/mol. The zero-order chi connectivity index (χ0) is 9.26. The molecule has 0 saturated carbocycles. The summed E-state index contributed by atoms with van der Waals surface area (Å²) in [4.78, 5) is 8.71. The van der Waals surface area contributed by atoms with Crippen molar-refractivity contribution in [3.8, 4) is 0 Å². The van der Waals surface area contributed by atoms with Gasteiger partial charge in [0.2, 0.25) is 0 Å². The summed E-state index contributed by atoms with van der Waals surface area (Å²) < 4.78 is 0. The molecule has 0 N–H and O–H groups in total. The average molecular weight is 190 g/mol. The summed E-state index contributed by atoms with van der Waals surface area (Å²) in [7, 11) is 0. The van der Waals surface area contributed by atoms with Crippen LogP contribution < -0.4 is 0 Å². The molecule has 3 heteroatoms. The largest absolute Gasteiger partial charge is 0.238 e. The standard InChI is InChI=1S/C10H10N2S/c1-7-9-5-3-4-6-13-10(9)12-8(2)11-7/h3-6H,1-2H3. The minimum absolute atomic E-state index is 0.840. The van der Waals surface area contributed by atoms with Crippen LogP contribution in [0.4, 0.5) is 0 Å². The SMILES string of the molecule is Cc1nc(C)c2c(n1)SC=CC=C2. The van der Waals surface area contributed by atoms with Gasteiger partial charge in [-0.05, 0) is 19.3 Å². The molecule has 2 rings (SSSR count). The Balaban J connectivity index is 2.62. The fraction of sp³-hybridized carbons (Fsp3) is 0.200. The molecule has 0 unspecified atom stereocenters. The zero-order valence-electron chi connectivity index (χ0n) is 7.61. The van der Waals surface area contributed by atoms with Crippen molar-refractivity contribution in [2.75, 3.05) is 0 Å². The predicted molar refractivity (Wildman–Crippen MR) is 55.5 cm³/mol. The molecule has 1 aliphatic heterocycles. The van der Waals surface area contributed by atoms with E-state index in [1.165, 1.54) is 0 Å². The van der Waals surface area contributed by atoms with E-state index in [2.05, 4.69) is 16.0 Å². The lowest BCUT2D eigenvalue weighted by Gasteiger charge is -2.05. The van der Waals surface area contributed by atoms with E-state index in [9.17, 15) is 0 Å². The second kappa shape index (κ2) is 3.34. The third-order valence-electron chi connectivity index (χ3n) is 1.85. The number of fused-ring (bicyclic) bond motifs is 1. The van der Waals surface area contributed by atoms with E-state index in [1.807, 2.05) is 31.4 Å². The molecule has 0 aromatic carbocycles. The summed E-state index contributed by atoms with van der Waals surface area (Å²) in [5.74, 6) is 0.840. The molecular formula is C10H10N2S. The van der Waals surface area contributed by atoms with Gasteiger partial charge in [0, 0.05) is 11.3 Å². The third-order valence-corrected chi connectivity index (χ3v) is 2.67. The predicted octanol–water partition coefficient (Wildman–Crippen LogP) is 2.73. The number of nitrogens with zero attached hydrogens (tertiary/aromatic N) is 2. The normalized spacial score (nSPS) is 14.0. The lowest BCUT2D eigenvalue weighted by Crippen LogP contribution is -1.96. The van der Waals surface area contributed by atoms with Gasteiger partial charge in [0.05, 0.1) is 0 Å². The Morgan fingerprint density at radius 1 is 1.15 bits per heavy atom. The molecule has 0 atom stereocenters. The van der Waals surface area contributed by atoms with Crippen LogP contribution in [0.3, 0.4) is 0 Å². The second-order valence-corrected chi connectivity index (χ2v) is 3.78. The number of rotatable bonds is 0. The highest BCUT2D eigenvalue weighted by Gasteiger charge is 2.07. The van der Waals surface area contributed by atoms with E-state index >= 15 is 0 Å². The number of aryl methyl sites for hydroxylation is 2. The van der Waals surface area contributed by atoms with Crippen molar-refractivity contribution in [2.24, 2.45) is 0 Å². The maximum atomic E-state index is 4.38. The summed E-state index contributed by atoms with van der Waals surface area (Å²) in [5, 5.41) is 3.09. The quantitative estimate of drug-likeness (QED) is 0.588. The number of aromatic nitrogens is 2. The van der Waals surface area contributed by atoms with Crippen molar-refractivity contribution in [1.82, 2.24) is 9.97 Å². The van der Waals surface area contributed by atoms with E-state index in [0.29, 0.717) is 0 Å². The molecule has 0 spiro atoms. The van der Waals surface area contributed by atoms with Gasteiger partial charge in [0.15, 0.2) is 0 Å². The highest BCUT2D eigenvalue weighted by molar-refractivity contribution is 8.02. The fourth-order valence-electron chi connectivity index (χ4n) is 1.27. The van der Waals surface area contributed by atoms with Crippen molar-refractivity contribution >= 4 is 17.8 Å². The van der Waals surface area contributed by atoms with Gasteiger partial charge in [-0.15, -0.1) is 0 Å². The molecule has 0 fully saturated rings. The molecule has 1 aromatic heterocycles. The monoisotopic (exact) mass is 190 g/mol. The van der Waals surface area contributed by atoms with Gasteiger partial charge in [0.25, 0.3) is 0 Å². The molecule has 0 aliphatic carbocycles. The first-order valence-corrected chi connectivity index (χ1v) is 5.00. The topological polar surface area (TPSA) is 25.8 Å². The second-order valence-electron chi connectivity index (χ2n) is 2.88. The highest BCUT2D eigenvalue weighted by Crippen LogP contribution is 2.26. The number of allylic oxidation sites excluding steroid dienone is 2. The average Bonchev–Trinajstić information content (AvgIpc) is 2.28. The Hall–Kier alpha value is -1.09. The minimum atomic E-state index is 0.840. The lowest BCUT2D eigenvalue weighted by molar-refractivity contribution is 0.930. The van der Waals surface area contributed by atoms with Gasteiger partial charge < -0.3 is 0 Å². The molecule has 1 aliphatic rings. The van der Waals surface area contributed by atoms with Crippen molar-refractivity contribution in [3.05, 3.63) is 34.6 Å². The van der Waals surface area contributed by atoms with Crippen LogP contribution >= 0.6 is 11.8 Å². The number of hydrogen-bond acceptors (Lipinski definition) is 3. The van der Waals surface area contributed by atoms with Crippen LogP contribution in [0.15, 0.2) is 22.6 Å². The third kappa shape index (κ3) is 1.65. The Morgan fingerprint density at radius 2 is 2.00 bits per heavy atom. The van der Waals surface area contributed by atoms with E-state index in [4.69, 9.17) is 0 Å². The highest BCUT2D eigenvalue weighted by atomic mass is 32.2. The van der Waals surface area contributed by atoms with E-state index < -0.39 is 0 Å². The summed E-state index contributed by atoms with van der Waals surface area (Å²) in [6.45, 7) is 3.94. The lowest BCUT2D eigenvalue weighted by atomic mass is 10.2. The first-order chi connectivity index (χ1) is 6.27. The molecule has 0 bridgehead atoms. The molecule has 2 nitrogen and oxygen atoms in total. The maximum Gasteiger partial charge on any atom is 0.126 e. The van der Waals surface area contributed by atoms with Crippen LogP contribution in [0.25, 0.3) is 6.08 Å². The summed E-state index contributed by atoms with van der Waals surface area (Å²) in [6.07, 6.45) is 6.09. The fourth-order valence-corrected chi connectivity index (χ4v) is 2.10.